The topological polar surface area (TPSA) is 72.3 Å². The summed E-state index contributed by atoms with van der Waals surface area (Å²) in [6, 6.07) is 13.7. The van der Waals surface area contributed by atoms with Gasteiger partial charge in [-0.05, 0) is 36.8 Å². The first-order valence-electron chi connectivity index (χ1n) is 9.28. The number of anilines is 1. The SMILES string of the molecule is CCn1nnc2cc(C(=O)NCc3ccccc3N3CCOCC3)ccc21. The molecule has 1 aliphatic rings. The number of aryl methyl sites for hydroxylation is 1. The summed E-state index contributed by atoms with van der Waals surface area (Å²) in [5.41, 5.74) is 4.52. The highest BCUT2D eigenvalue weighted by Crippen LogP contribution is 2.21. The van der Waals surface area contributed by atoms with Crippen molar-refractivity contribution >= 4 is 22.6 Å². The number of ether oxygens (including phenoxy) is 1. The number of fused-ring (bicyclic) bond motifs is 1. The minimum Gasteiger partial charge on any atom is -0.378 e. The largest absolute Gasteiger partial charge is 0.378 e. The van der Waals surface area contributed by atoms with E-state index >= 15 is 0 Å². The average molecular weight is 365 g/mol. The van der Waals surface area contributed by atoms with Crippen LogP contribution < -0.4 is 10.2 Å². The summed E-state index contributed by atoms with van der Waals surface area (Å²) < 4.78 is 7.25. The zero-order valence-corrected chi connectivity index (χ0v) is 15.4. The Kier molecular flexibility index (Phi) is 5.02. The first-order chi connectivity index (χ1) is 13.3. The fourth-order valence-corrected chi connectivity index (χ4v) is 3.40. The molecule has 0 aliphatic carbocycles. The van der Waals surface area contributed by atoms with Gasteiger partial charge in [-0.3, -0.25) is 4.79 Å². The number of carbonyl (C=O) groups excluding carboxylic acids is 1. The third-order valence-corrected chi connectivity index (χ3v) is 4.86. The van der Waals surface area contributed by atoms with Crippen molar-refractivity contribution in [1.82, 2.24) is 20.3 Å². The van der Waals surface area contributed by atoms with Crippen molar-refractivity contribution in [3.63, 3.8) is 0 Å². The number of rotatable bonds is 5. The molecule has 140 valence electrons. The van der Waals surface area contributed by atoms with Crippen LogP contribution in [-0.2, 0) is 17.8 Å². The Morgan fingerprint density at radius 1 is 1.19 bits per heavy atom. The number of amides is 1. The van der Waals surface area contributed by atoms with Crippen molar-refractivity contribution in [2.45, 2.75) is 20.0 Å². The maximum atomic E-state index is 12.6. The van der Waals surface area contributed by atoms with Crippen molar-refractivity contribution < 1.29 is 9.53 Å². The lowest BCUT2D eigenvalue weighted by atomic mass is 10.1. The summed E-state index contributed by atoms with van der Waals surface area (Å²) in [5, 5.41) is 11.3. The number of benzene rings is 2. The zero-order valence-electron chi connectivity index (χ0n) is 15.4. The molecule has 1 saturated heterocycles. The number of morpholine rings is 1. The molecule has 0 bridgehead atoms. The summed E-state index contributed by atoms with van der Waals surface area (Å²) in [6.45, 7) is 6.45. The van der Waals surface area contributed by atoms with E-state index in [0.29, 0.717) is 12.1 Å². The molecular weight excluding hydrogens is 342 g/mol. The smallest absolute Gasteiger partial charge is 0.251 e. The van der Waals surface area contributed by atoms with E-state index in [9.17, 15) is 4.79 Å². The van der Waals surface area contributed by atoms with Gasteiger partial charge >= 0.3 is 0 Å². The number of aromatic nitrogens is 3. The van der Waals surface area contributed by atoms with Crippen LogP contribution >= 0.6 is 0 Å². The van der Waals surface area contributed by atoms with Gasteiger partial charge in [0.05, 0.1) is 18.7 Å². The summed E-state index contributed by atoms with van der Waals surface area (Å²) in [5.74, 6) is -0.111. The van der Waals surface area contributed by atoms with Gasteiger partial charge in [0.1, 0.15) is 5.52 Å². The fourth-order valence-electron chi connectivity index (χ4n) is 3.40. The summed E-state index contributed by atoms with van der Waals surface area (Å²) in [7, 11) is 0. The lowest BCUT2D eigenvalue weighted by molar-refractivity contribution is 0.0951. The fraction of sp³-hybridized carbons (Fsp3) is 0.350. The van der Waals surface area contributed by atoms with Gasteiger partial charge in [0.15, 0.2) is 0 Å². The molecule has 2 aromatic carbocycles. The van der Waals surface area contributed by atoms with Gasteiger partial charge in [-0.1, -0.05) is 23.4 Å². The molecule has 7 nitrogen and oxygen atoms in total. The van der Waals surface area contributed by atoms with Crippen LogP contribution in [0.5, 0.6) is 0 Å². The number of hydrogen-bond donors (Lipinski definition) is 1. The Hall–Kier alpha value is -2.93. The maximum Gasteiger partial charge on any atom is 0.251 e. The van der Waals surface area contributed by atoms with Crippen LogP contribution in [0.25, 0.3) is 11.0 Å². The molecule has 0 unspecified atom stereocenters. The van der Waals surface area contributed by atoms with Gasteiger partial charge < -0.3 is 15.0 Å². The van der Waals surface area contributed by atoms with E-state index in [1.165, 1.54) is 0 Å². The lowest BCUT2D eigenvalue weighted by Crippen LogP contribution is -2.37. The molecule has 3 aromatic rings. The third-order valence-electron chi connectivity index (χ3n) is 4.86. The Bertz CT molecular complexity index is 946. The standard InChI is InChI=1S/C20H23N5O2/c1-2-25-19-8-7-15(13-17(19)22-23-25)20(26)21-14-16-5-3-4-6-18(16)24-9-11-27-12-10-24/h3-8,13H,2,9-12,14H2,1H3,(H,21,26). The normalized spacial score (nSPS) is 14.5. The van der Waals surface area contributed by atoms with Crippen molar-refractivity contribution in [3.05, 3.63) is 53.6 Å². The minimum absolute atomic E-state index is 0.111. The van der Waals surface area contributed by atoms with E-state index in [4.69, 9.17) is 4.74 Å². The highest BCUT2D eigenvalue weighted by Gasteiger charge is 2.15. The van der Waals surface area contributed by atoms with Crippen molar-refractivity contribution in [1.29, 1.82) is 0 Å². The molecule has 2 heterocycles. The first kappa shape index (κ1) is 17.5. The molecule has 27 heavy (non-hydrogen) atoms. The second kappa shape index (κ2) is 7.75. The van der Waals surface area contributed by atoms with Crippen molar-refractivity contribution in [2.75, 3.05) is 31.2 Å². The molecule has 1 aliphatic heterocycles. The van der Waals surface area contributed by atoms with E-state index in [1.807, 2.05) is 35.9 Å². The van der Waals surface area contributed by atoms with E-state index in [2.05, 4.69) is 32.7 Å². The number of para-hydroxylation sites is 1. The number of nitrogens with zero attached hydrogens (tertiary/aromatic N) is 4. The highest BCUT2D eigenvalue weighted by atomic mass is 16.5. The van der Waals surface area contributed by atoms with Crippen LogP contribution in [0, 0.1) is 0 Å². The van der Waals surface area contributed by atoms with Crippen LogP contribution in [0.1, 0.15) is 22.8 Å². The third kappa shape index (κ3) is 3.64. The average Bonchev–Trinajstić information content (AvgIpc) is 3.15. The van der Waals surface area contributed by atoms with E-state index in [-0.39, 0.29) is 5.91 Å². The van der Waals surface area contributed by atoms with Crippen molar-refractivity contribution in [2.24, 2.45) is 0 Å². The van der Waals surface area contributed by atoms with Gasteiger partial charge in [0.2, 0.25) is 0 Å². The van der Waals surface area contributed by atoms with Crippen LogP contribution in [0.3, 0.4) is 0 Å². The quantitative estimate of drug-likeness (QED) is 0.751. The predicted molar refractivity (Wildman–Crippen MR) is 104 cm³/mol. The molecule has 1 fully saturated rings. The van der Waals surface area contributed by atoms with Gasteiger partial charge in [0, 0.05) is 37.4 Å². The van der Waals surface area contributed by atoms with Gasteiger partial charge in [0.25, 0.3) is 5.91 Å². The zero-order chi connectivity index (χ0) is 18.6. The van der Waals surface area contributed by atoms with Crippen LogP contribution in [0.4, 0.5) is 5.69 Å². The second-order valence-electron chi connectivity index (χ2n) is 6.52. The first-order valence-corrected chi connectivity index (χ1v) is 9.28. The Balaban J connectivity index is 1.48. The number of hydrogen-bond acceptors (Lipinski definition) is 5. The molecule has 1 amide bonds. The Morgan fingerprint density at radius 2 is 2.00 bits per heavy atom. The lowest BCUT2D eigenvalue weighted by Gasteiger charge is -2.30. The summed E-state index contributed by atoms with van der Waals surface area (Å²) in [6.07, 6.45) is 0. The van der Waals surface area contributed by atoms with E-state index in [1.54, 1.807) is 6.07 Å². The minimum atomic E-state index is -0.111. The van der Waals surface area contributed by atoms with Gasteiger partial charge in [-0.2, -0.15) is 0 Å². The Morgan fingerprint density at radius 3 is 2.81 bits per heavy atom. The molecular formula is C20H23N5O2. The van der Waals surface area contributed by atoms with Crippen LogP contribution in [0.15, 0.2) is 42.5 Å². The Labute approximate surface area is 157 Å². The molecule has 7 heteroatoms. The monoisotopic (exact) mass is 365 g/mol. The van der Waals surface area contributed by atoms with Crippen LogP contribution in [-0.4, -0.2) is 47.2 Å². The molecule has 0 radical (unpaired) electrons. The van der Waals surface area contributed by atoms with E-state index in [0.717, 1.165) is 55.1 Å². The maximum absolute atomic E-state index is 12.6. The molecule has 0 atom stereocenters. The van der Waals surface area contributed by atoms with Crippen LogP contribution in [0.2, 0.25) is 0 Å². The molecule has 0 spiro atoms. The van der Waals surface area contributed by atoms with Gasteiger partial charge in [-0.25, -0.2) is 4.68 Å². The number of nitrogens with one attached hydrogen (secondary N) is 1. The van der Waals surface area contributed by atoms with Crippen molar-refractivity contribution in [3.8, 4) is 0 Å². The number of carbonyl (C=O) groups is 1. The van der Waals surface area contributed by atoms with E-state index < -0.39 is 0 Å². The molecule has 1 aromatic heterocycles. The summed E-state index contributed by atoms with van der Waals surface area (Å²) in [4.78, 5) is 14.9. The highest BCUT2D eigenvalue weighted by molar-refractivity contribution is 5.97. The van der Waals surface area contributed by atoms with Gasteiger partial charge in [-0.15, -0.1) is 5.10 Å². The second-order valence-corrected chi connectivity index (χ2v) is 6.52. The summed E-state index contributed by atoms with van der Waals surface area (Å²) >= 11 is 0. The molecule has 4 rings (SSSR count). The predicted octanol–water partition coefficient (Wildman–Crippen LogP) is 2.22. The molecule has 0 saturated carbocycles. The molecule has 1 N–H and O–H groups in total.